The number of hydrogen-bond acceptors (Lipinski definition) is 2. The van der Waals surface area contributed by atoms with E-state index in [0.717, 1.165) is 4.47 Å². The van der Waals surface area contributed by atoms with Crippen LogP contribution < -0.4 is 5.32 Å². The standard InChI is InChI=1S/C15H11Br2NO3/c16-10-6-7-11(12(17)8-10)14(19)18-13(15(20)21)9-4-2-1-3-5-9/h1-8,13H,(H,18,19)(H,20,21). The van der Waals surface area contributed by atoms with Crippen molar-refractivity contribution in [1.29, 1.82) is 0 Å². The molecule has 0 aliphatic heterocycles. The van der Waals surface area contributed by atoms with Crippen LogP contribution in [0.4, 0.5) is 0 Å². The molecule has 0 aromatic heterocycles. The molecule has 1 amide bonds. The van der Waals surface area contributed by atoms with E-state index in [1.54, 1.807) is 48.5 Å². The van der Waals surface area contributed by atoms with Gasteiger partial charge in [0.15, 0.2) is 6.04 Å². The second-order valence-corrected chi connectivity index (χ2v) is 6.05. The number of nitrogens with one attached hydrogen (secondary N) is 1. The molecule has 0 saturated heterocycles. The Balaban J connectivity index is 2.25. The Hall–Kier alpha value is -1.66. The molecule has 2 aromatic rings. The number of hydrogen-bond donors (Lipinski definition) is 2. The fourth-order valence-electron chi connectivity index (χ4n) is 1.82. The molecule has 0 radical (unpaired) electrons. The monoisotopic (exact) mass is 411 g/mol. The van der Waals surface area contributed by atoms with E-state index in [4.69, 9.17) is 0 Å². The number of carboxylic acid groups (broad SMARTS) is 1. The molecule has 0 spiro atoms. The van der Waals surface area contributed by atoms with Gasteiger partial charge in [0.05, 0.1) is 5.56 Å². The molecule has 6 heteroatoms. The first-order chi connectivity index (χ1) is 9.99. The minimum Gasteiger partial charge on any atom is -0.479 e. The highest BCUT2D eigenvalue weighted by Crippen LogP contribution is 2.23. The summed E-state index contributed by atoms with van der Waals surface area (Å²) in [5.74, 6) is -1.56. The van der Waals surface area contributed by atoms with E-state index in [1.165, 1.54) is 0 Å². The third-order valence-corrected chi connectivity index (χ3v) is 3.98. The lowest BCUT2D eigenvalue weighted by Crippen LogP contribution is -2.33. The predicted molar refractivity (Wildman–Crippen MR) is 86.1 cm³/mol. The van der Waals surface area contributed by atoms with Gasteiger partial charge >= 0.3 is 5.97 Å². The molecular weight excluding hydrogens is 402 g/mol. The van der Waals surface area contributed by atoms with Crippen molar-refractivity contribution in [3.8, 4) is 0 Å². The van der Waals surface area contributed by atoms with E-state index in [9.17, 15) is 14.7 Å². The summed E-state index contributed by atoms with van der Waals surface area (Å²) in [6.45, 7) is 0. The van der Waals surface area contributed by atoms with Crippen molar-refractivity contribution in [3.05, 3.63) is 68.6 Å². The van der Waals surface area contributed by atoms with Crippen molar-refractivity contribution >= 4 is 43.7 Å². The first-order valence-corrected chi connectivity index (χ1v) is 7.61. The Bertz CT molecular complexity index is 674. The molecule has 0 bridgehead atoms. The summed E-state index contributed by atoms with van der Waals surface area (Å²) in [4.78, 5) is 23.6. The number of aliphatic carboxylic acids is 1. The van der Waals surface area contributed by atoms with Gasteiger partial charge in [0, 0.05) is 8.95 Å². The Morgan fingerprint density at radius 1 is 1.05 bits per heavy atom. The molecule has 2 rings (SSSR count). The average molecular weight is 413 g/mol. The molecule has 0 aliphatic rings. The number of carboxylic acids is 1. The van der Waals surface area contributed by atoms with Crippen LogP contribution in [-0.2, 0) is 4.79 Å². The van der Waals surface area contributed by atoms with Crippen LogP contribution in [0, 0.1) is 0 Å². The molecule has 1 atom stereocenters. The zero-order valence-corrected chi connectivity index (χ0v) is 13.9. The highest BCUT2D eigenvalue weighted by molar-refractivity contribution is 9.11. The Labute approximate surface area is 138 Å². The number of benzene rings is 2. The van der Waals surface area contributed by atoms with E-state index in [2.05, 4.69) is 37.2 Å². The molecule has 0 saturated carbocycles. The molecule has 1 unspecified atom stereocenters. The van der Waals surface area contributed by atoms with Gasteiger partial charge in [-0.3, -0.25) is 4.79 Å². The topological polar surface area (TPSA) is 66.4 Å². The third-order valence-electron chi connectivity index (χ3n) is 2.83. The van der Waals surface area contributed by atoms with Crippen molar-refractivity contribution in [2.45, 2.75) is 6.04 Å². The maximum atomic E-state index is 12.2. The first-order valence-electron chi connectivity index (χ1n) is 6.02. The summed E-state index contributed by atoms with van der Waals surface area (Å²) in [6, 6.07) is 12.5. The van der Waals surface area contributed by atoms with Gasteiger partial charge in [-0.15, -0.1) is 0 Å². The van der Waals surface area contributed by atoms with E-state index < -0.39 is 17.9 Å². The van der Waals surface area contributed by atoms with Crippen molar-refractivity contribution in [2.24, 2.45) is 0 Å². The molecule has 0 aliphatic carbocycles. The van der Waals surface area contributed by atoms with Crippen LogP contribution in [0.5, 0.6) is 0 Å². The van der Waals surface area contributed by atoms with Gasteiger partial charge < -0.3 is 10.4 Å². The van der Waals surface area contributed by atoms with Gasteiger partial charge in [-0.2, -0.15) is 0 Å². The SMILES string of the molecule is O=C(NC(C(=O)O)c1ccccc1)c1ccc(Br)cc1Br. The van der Waals surface area contributed by atoms with Crippen LogP contribution in [-0.4, -0.2) is 17.0 Å². The summed E-state index contributed by atoms with van der Waals surface area (Å²) in [6.07, 6.45) is 0. The van der Waals surface area contributed by atoms with Crippen molar-refractivity contribution in [2.75, 3.05) is 0 Å². The lowest BCUT2D eigenvalue weighted by Gasteiger charge is -2.15. The Kier molecular flexibility index (Phi) is 5.14. The zero-order valence-electron chi connectivity index (χ0n) is 10.7. The van der Waals surface area contributed by atoms with Crippen LogP contribution in [0.15, 0.2) is 57.5 Å². The van der Waals surface area contributed by atoms with Gasteiger partial charge in [0.1, 0.15) is 0 Å². The lowest BCUT2D eigenvalue weighted by molar-refractivity contribution is -0.139. The van der Waals surface area contributed by atoms with Gasteiger partial charge in [0.2, 0.25) is 0 Å². The highest BCUT2D eigenvalue weighted by atomic mass is 79.9. The summed E-state index contributed by atoms with van der Waals surface area (Å²) >= 11 is 6.59. The van der Waals surface area contributed by atoms with Crippen LogP contribution in [0.1, 0.15) is 22.0 Å². The maximum absolute atomic E-state index is 12.2. The molecule has 4 nitrogen and oxygen atoms in total. The second-order valence-electron chi connectivity index (χ2n) is 4.28. The molecule has 0 fully saturated rings. The fraction of sp³-hybridized carbons (Fsp3) is 0.0667. The first kappa shape index (κ1) is 15.7. The van der Waals surface area contributed by atoms with Gasteiger partial charge in [0.25, 0.3) is 5.91 Å². The molecule has 21 heavy (non-hydrogen) atoms. The average Bonchev–Trinajstić information content (AvgIpc) is 2.45. The largest absolute Gasteiger partial charge is 0.479 e. The number of rotatable bonds is 4. The lowest BCUT2D eigenvalue weighted by atomic mass is 10.1. The highest BCUT2D eigenvalue weighted by Gasteiger charge is 2.23. The van der Waals surface area contributed by atoms with Crippen LogP contribution >= 0.6 is 31.9 Å². The van der Waals surface area contributed by atoms with Crippen LogP contribution in [0.25, 0.3) is 0 Å². The second kappa shape index (κ2) is 6.87. The zero-order chi connectivity index (χ0) is 15.4. The molecule has 2 aromatic carbocycles. The summed E-state index contributed by atoms with van der Waals surface area (Å²) in [5.41, 5.74) is 0.895. The number of halogens is 2. The van der Waals surface area contributed by atoms with E-state index >= 15 is 0 Å². The number of carbonyl (C=O) groups excluding carboxylic acids is 1. The van der Waals surface area contributed by atoms with E-state index in [0.29, 0.717) is 15.6 Å². The minimum absolute atomic E-state index is 0.375. The molecule has 0 heterocycles. The third kappa shape index (κ3) is 3.92. The van der Waals surface area contributed by atoms with E-state index in [1.807, 2.05) is 0 Å². The normalized spacial score (nSPS) is 11.7. The van der Waals surface area contributed by atoms with E-state index in [-0.39, 0.29) is 0 Å². The van der Waals surface area contributed by atoms with Crippen molar-refractivity contribution < 1.29 is 14.7 Å². The van der Waals surface area contributed by atoms with Crippen LogP contribution in [0.3, 0.4) is 0 Å². The Morgan fingerprint density at radius 3 is 2.29 bits per heavy atom. The smallest absolute Gasteiger partial charge is 0.330 e. The number of amides is 1. The van der Waals surface area contributed by atoms with Gasteiger partial charge in [-0.05, 0) is 39.7 Å². The summed E-state index contributed by atoms with van der Waals surface area (Å²) in [7, 11) is 0. The summed E-state index contributed by atoms with van der Waals surface area (Å²) in [5, 5.41) is 11.8. The quantitative estimate of drug-likeness (QED) is 0.803. The van der Waals surface area contributed by atoms with Crippen LogP contribution in [0.2, 0.25) is 0 Å². The number of carbonyl (C=O) groups is 2. The minimum atomic E-state index is -1.11. The van der Waals surface area contributed by atoms with Crippen molar-refractivity contribution in [3.63, 3.8) is 0 Å². The predicted octanol–water partition coefficient (Wildman–Crippen LogP) is 3.77. The van der Waals surface area contributed by atoms with Gasteiger partial charge in [-0.25, -0.2) is 4.79 Å². The maximum Gasteiger partial charge on any atom is 0.330 e. The fourth-order valence-corrected chi connectivity index (χ4v) is 3.04. The summed E-state index contributed by atoms with van der Waals surface area (Å²) < 4.78 is 1.41. The molecule has 108 valence electrons. The molecular formula is C15H11Br2NO3. The van der Waals surface area contributed by atoms with Gasteiger partial charge in [-0.1, -0.05) is 46.3 Å². The van der Waals surface area contributed by atoms with Crippen molar-refractivity contribution in [1.82, 2.24) is 5.32 Å². The Morgan fingerprint density at radius 2 is 1.71 bits per heavy atom. The molecule has 2 N–H and O–H groups in total.